The molecule has 2 heteroatoms. The van der Waals surface area contributed by atoms with Crippen molar-refractivity contribution >= 4 is 0 Å². The first kappa shape index (κ1) is 5.69. The lowest BCUT2D eigenvalue weighted by atomic mass is 9.39. The van der Waals surface area contributed by atoms with Crippen LogP contribution < -0.4 is 11.1 Å². The van der Waals surface area contributed by atoms with E-state index in [1.54, 1.807) is 0 Å². The second kappa shape index (κ2) is 1.32. The minimum absolute atomic E-state index is 0.541. The summed E-state index contributed by atoms with van der Waals surface area (Å²) < 4.78 is 0. The topological polar surface area (TPSA) is 38.0 Å². The largest absolute Gasteiger partial charge is 0.330 e. The van der Waals surface area contributed by atoms with E-state index in [4.69, 9.17) is 5.73 Å². The molecule has 3 fully saturated rings. The lowest BCUT2D eigenvalue weighted by molar-refractivity contribution is -0.142. The van der Waals surface area contributed by atoms with Gasteiger partial charge < -0.3 is 11.1 Å². The summed E-state index contributed by atoms with van der Waals surface area (Å²) in [7, 11) is 2.06. The van der Waals surface area contributed by atoms with E-state index >= 15 is 0 Å². The lowest BCUT2D eigenvalue weighted by Gasteiger charge is -2.70. The average molecular weight is 126 g/mol. The van der Waals surface area contributed by atoms with Gasteiger partial charge in [0, 0.05) is 5.54 Å². The standard InChI is InChI=1S/C7H14N2/c1-9-7-2-6(3-7,4-7)5-8/h9H,2-5,8H2,1H3. The first-order valence-electron chi connectivity index (χ1n) is 3.63. The van der Waals surface area contributed by atoms with Gasteiger partial charge in [-0.2, -0.15) is 0 Å². The second-order valence-corrected chi connectivity index (χ2v) is 3.76. The van der Waals surface area contributed by atoms with Crippen molar-refractivity contribution in [1.82, 2.24) is 5.32 Å². The quantitative estimate of drug-likeness (QED) is 0.550. The molecule has 3 N–H and O–H groups in total. The molecule has 3 rings (SSSR count). The van der Waals surface area contributed by atoms with Crippen molar-refractivity contribution in [2.45, 2.75) is 24.8 Å². The van der Waals surface area contributed by atoms with Gasteiger partial charge in [0.1, 0.15) is 0 Å². The Morgan fingerprint density at radius 2 is 2.00 bits per heavy atom. The van der Waals surface area contributed by atoms with Gasteiger partial charge in [0.25, 0.3) is 0 Å². The van der Waals surface area contributed by atoms with E-state index in [2.05, 4.69) is 12.4 Å². The number of hydrogen-bond acceptors (Lipinski definition) is 2. The Kier molecular flexibility index (Phi) is 0.837. The van der Waals surface area contributed by atoms with E-state index < -0.39 is 0 Å². The van der Waals surface area contributed by atoms with E-state index in [0.29, 0.717) is 11.0 Å². The van der Waals surface area contributed by atoms with Gasteiger partial charge in [-0.3, -0.25) is 0 Å². The Balaban J connectivity index is 1.96. The molecule has 3 aliphatic carbocycles. The maximum atomic E-state index is 5.59. The summed E-state index contributed by atoms with van der Waals surface area (Å²) in [6, 6.07) is 0. The SMILES string of the molecule is CNC12CC(CN)(C1)C2. The van der Waals surface area contributed by atoms with E-state index in [0.717, 1.165) is 6.54 Å². The monoisotopic (exact) mass is 126 g/mol. The van der Waals surface area contributed by atoms with Gasteiger partial charge in [0.05, 0.1) is 0 Å². The molecule has 0 spiro atoms. The summed E-state index contributed by atoms with van der Waals surface area (Å²) in [6.07, 6.45) is 3.98. The third-order valence-electron chi connectivity index (χ3n) is 3.10. The van der Waals surface area contributed by atoms with Crippen LogP contribution in [0.15, 0.2) is 0 Å². The minimum Gasteiger partial charge on any atom is -0.330 e. The molecule has 0 saturated heterocycles. The molecule has 3 aliphatic rings. The molecule has 0 atom stereocenters. The second-order valence-electron chi connectivity index (χ2n) is 3.76. The normalized spacial score (nSPS) is 54.0. The Bertz CT molecular complexity index is 108. The Morgan fingerprint density at radius 1 is 1.44 bits per heavy atom. The van der Waals surface area contributed by atoms with Crippen LogP contribution in [0.3, 0.4) is 0 Å². The number of rotatable bonds is 2. The predicted octanol–water partition coefficient (Wildman–Crippen LogP) is 0.0872. The Morgan fingerprint density at radius 3 is 2.33 bits per heavy atom. The molecular weight excluding hydrogens is 112 g/mol. The van der Waals surface area contributed by atoms with E-state index in [9.17, 15) is 0 Å². The molecule has 3 saturated carbocycles. The highest BCUT2D eigenvalue weighted by atomic mass is 15.0. The minimum atomic E-state index is 0.541. The van der Waals surface area contributed by atoms with Crippen LogP contribution in [0.25, 0.3) is 0 Å². The third kappa shape index (κ3) is 0.485. The molecule has 2 bridgehead atoms. The molecular formula is C7H14N2. The van der Waals surface area contributed by atoms with Crippen molar-refractivity contribution in [3.8, 4) is 0 Å². The third-order valence-corrected chi connectivity index (χ3v) is 3.10. The number of nitrogens with two attached hydrogens (primary N) is 1. The van der Waals surface area contributed by atoms with Gasteiger partial charge in [-0.15, -0.1) is 0 Å². The summed E-state index contributed by atoms with van der Waals surface area (Å²) in [6.45, 7) is 0.899. The van der Waals surface area contributed by atoms with Gasteiger partial charge in [-0.05, 0) is 38.3 Å². The molecule has 0 radical (unpaired) electrons. The summed E-state index contributed by atoms with van der Waals surface area (Å²) in [5.41, 5.74) is 6.72. The summed E-state index contributed by atoms with van der Waals surface area (Å²) in [4.78, 5) is 0. The van der Waals surface area contributed by atoms with Gasteiger partial charge in [-0.25, -0.2) is 0 Å². The fourth-order valence-electron chi connectivity index (χ4n) is 2.48. The highest BCUT2D eigenvalue weighted by Crippen LogP contribution is 2.66. The first-order chi connectivity index (χ1) is 4.24. The lowest BCUT2D eigenvalue weighted by Crippen LogP contribution is -2.75. The Labute approximate surface area is 55.8 Å². The molecule has 0 amide bonds. The average Bonchev–Trinajstić information content (AvgIpc) is 1.62. The van der Waals surface area contributed by atoms with Crippen LogP contribution in [0.2, 0.25) is 0 Å². The predicted molar refractivity (Wildman–Crippen MR) is 37.1 cm³/mol. The highest BCUT2D eigenvalue weighted by Gasteiger charge is 2.66. The number of nitrogens with one attached hydrogen (secondary N) is 1. The van der Waals surface area contributed by atoms with Crippen LogP contribution in [-0.4, -0.2) is 19.1 Å². The molecule has 0 aromatic carbocycles. The molecule has 0 aromatic heterocycles. The summed E-state index contributed by atoms with van der Waals surface area (Å²) >= 11 is 0. The molecule has 9 heavy (non-hydrogen) atoms. The van der Waals surface area contributed by atoms with Crippen LogP contribution in [-0.2, 0) is 0 Å². The van der Waals surface area contributed by atoms with Crippen molar-refractivity contribution < 1.29 is 0 Å². The Hall–Kier alpha value is -0.0800. The van der Waals surface area contributed by atoms with Crippen molar-refractivity contribution in [2.75, 3.05) is 13.6 Å². The van der Waals surface area contributed by atoms with E-state index in [-0.39, 0.29) is 0 Å². The van der Waals surface area contributed by atoms with Gasteiger partial charge >= 0.3 is 0 Å². The van der Waals surface area contributed by atoms with Crippen LogP contribution in [0.1, 0.15) is 19.3 Å². The van der Waals surface area contributed by atoms with Crippen molar-refractivity contribution in [3.05, 3.63) is 0 Å². The maximum Gasteiger partial charge on any atom is 0.0195 e. The zero-order chi connectivity index (χ0) is 6.54. The summed E-state index contributed by atoms with van der Waals surface area (Å²) in [5.74, 6) is 0. The molecule has 0 aliphatic heterocycles. The van der Waals surface area contributed by atoms with Crippen LogP contribution in [0, 0.1) is 5.41 Å². The van der Waals surface area contributed by atoms with Gasteiger partial charge in [0.15, 0.2) is 0 Å². The van der Waals surface area contributed by atoms with Gasteiger partial charge in [0.2, 0.25) is 0 Å². The van der Waals surface area contributed by atoms with E-state index in [1.165, 1.54) is 19.3 Å². The van der Waals surface area contributed by atoms with E-state index in [1.807, 2.05) is 0 Å². The molecule has 0 heterocycles. The van der Waals surface area contributed by atoms with Crippen LogP contribution in [0.4, 0.5) is 0 Å². The van der Waals surface area contributed by atoms with Crippen LogP contribution in [0.5, 0.6) is 0 Å². The smallest absolute Gasteiger partial charge is 0.0195 e. The molecule has 0 aromatic rings. The van der Waals surface area contributed by atoms with Crippen LogP contribution >= 0.6 is 0 Å². The number of hydrogen-bond donors (Lipinski definition) is 2. The van der Waals surface area contributed by atoms with Crippen molar-refractivity contribution in [1.29, 1.82) is 0 Å². The molecule has 52 valence electrons. The summed E-state index contributed by atoms with van der Waals surface area (Å²) in [5, 5.41) is 3.35. The zero-order valence-corrected chi connectivity index (χ0v) is 5.91. The fourth-order valence-corrected chi connectivity index (χ4v) is 2.48. The molecule has 0 unspecified atom stereocenters. The highest BCUT2D eigenvalue weighted by molar-refractivity contribution is 5.22. The maximum absolute atomic E-state index is 5.59. The van der Waals surface area contributed by atoms with Crippen molar-refractivity contribution in [3.63, 3.8) is 0 Å². The van der Waals surface area contributed by atoms with Gasteiger partial charge in [-0.1, -0.05) is 0 Å². The molecule has 2 nitrogen and oxygen atoms in total. The van der Waals surface area contributed by atoms with Crippen molar-refractivity contribution in [2.24, 2.45) is 11.1 Å². The fraction of sp³-hybridized carbons (Fsp3) is 1.00. The first-order valence-corrected chi connectivity index (χ1v) is 3.63. The zero-order valence-electron chi connectivity index (χ0n) is 5.91.